The number of hydrogen-bond acceptors (Lipinski definition) is 6. The fourth-order valence-electron chi connectivity index (χ4n) is 2.37. The Hall–Kier alpha value is -4.20. The molecule has 0 radical (unpaired) electrons. The Morgan fingerprint density at radius 2 is 1.80 bits per heavy atom. The van der Waals surface area contributed by atoms with E-state index < -0.39 is 5.91 Å². The minimum Gasteiger partial charge on any atom is -0.459 e. The number of anilines is 1. The molecular formula is C22H20N4O4. The highest BCUT2D eigenvalue weighted by Gasteiger charge is 2.09. The van der Waals surface area contributed by atoms with Crippen LogP contribution in [0.1, 0.15) is 28.6 Å². The number of carbonyl (C=O) groups excluding carboxylic acids is 2. The third-order valence-corrected chi connectivity index (χ3v) is 3.93. The largest absolute Gasteiger partial charge is 0.459 e. The summed E-state index contributed by atoms with van der Waals surface area (Å²) in [7, 11) is 0. The number of carbonyl (C=O) groups is 2. The van der Waals surface area contributed by atoms with E-state index in [-0.39, 0.29) is 18.3 Å². The standard InChI is InChI=1S/C22H20N4O4/c1-16(25-26-21(27)15-30-23-14-17-6-3-2-4-7-17)18-9-11-19(12-10-18)24-22(28)20-8-5-13-29-20/h2-14H,15H2,1H3,(H,24,28)(H,26,27)/b23-14+,25-16+. The summed E-state index contributed by atoms with van der Waals surface area (Å²) in [6, 6.07) is 19.7. The highest BCUT2D eigenvalue weighted by molar-refractivity contribution is 6.03. The molecule has 1 heterocycles. The fourth-order valence-corrected chi connectivity index (χ4v) is 2.37. The molecule has 0 aliphatic heterocycles. The topological polar surface area (TPSA) is 105 Å². The van der Waals surface area contributed by atoms with Crippen LogP contribution in [-0.2, 0) is 9.63 Å². The van der Waals surface area contributed by atoms with E-state index in [0.717, 1.165) is 11.1 Å². The van der Waals surface area contributed by atoms with Crippen LogP contribution in [-0.4, -0.2) is 30.3 Å². The number of furan rings is 1. The van der Waals surface area contributed by atoms with Gasteiger partial charge >= 0.3 is 0 Å². The Morgan fingerprint density at radius 3 is 2.50 bits per heavy atom. The third kappa shape index (κ3) is 6.16. The van der Waals surface area contributed by atoms with Crippen molar-refractivity contribution in [3.05, 3.63) is 89.9 Å². The van der Waals surface area contributed by atoms with Crippen LogP contribution < -0.4 is 10.7 Å². The van der Waals surface area contributed by atoms with Gasteiger partial charge in [0.25, 0.3) is 11.8 Å². The van der Waals surface area contributed by atoms with Gasteiger partial charge in [0.2, 0.25) is 0 Å². The first-order valence-electron chi connectivity index (χ1n) is 9.10. The average Bonchev–Trinajstić information content (AvgIpc) is 3.31. The number of benzene rings is 2. The SMILES string of the molecule is C/C(=N\NC(=O)CO/N=C/c1ccccc1)c1ccc(NC(=O)c2ccco2)cc1. The van der Waals surface area contributed by atoms with Crippen LogP contribution in [0.25, 0.3) is 0 Å². The van der Waals surface area contributed by atoms with E-state index in [4.69, 9.17) is 9.25 Å². The van der Waals surface area contributed by atoms with Crippen molar-refractivity contribution < 1.29 is 18.8 Å². The second-order valence-corrected chi connectivity index (χ2v) is 6.16. The second-order valence-electron chi connectivity index (χ2n) is 6.16. The normalized spacial score (nSPS) is 11.3. The van der Waals surface area contributed by atoms with Gasteiger partial charge in [0.15, 0.2) is 12.4 Å². The van der Waals surface area contributed by atoms with Gasteiger partial charge in [-0.25, -0.2) is 5.43 Å². The van der Waals surface area contributed by atoms with E-state index in [1.54, 1.807) is 43.3 Å². The molecule has 0 atom stereocenters. The van der Waals surface area contributed by atoms with Gasteiger partial charge in [-0.15, -0.1) is 0 Å². The summed E-state index contributed by atoms with van der Waals surface area (Å²) in [5.41, 5.74) is 5.28. The van der Waals surface area contributed by atoms with Gasteiger partial charge in [0, 0.05) is 5.69 Å². The lowest BCUT2D eigenvalue weighted by molar-refractivity contribution is -0.125. The molecule has 30 heavy (non-hydrogen) atoms. The summed E-state index contributed by atoms with van der Waals surface area (Å²) in [6.45, 7) is 1.50. The van der Waals surface area contributed by atoms with Crippen molar-refractivity contribution in [1.82, 2.24) is 5.43 Å². The van der Waals surface area contributed by atoms with Gasteiger partial charge in [-0.2, -0.15) is 5.10 Å². The van der Waals surface area contributed by atoms with E-state index >= 15 is 0 Å². The molecule has 0 aliphatic rings. The van der Waals surface area contributed by atoms with E-state index in [2.05, 4.69) is 21.0 Å². The maximum Gasteiger partial charge on any atom is 0.291 e. The number of hydrazone groups is 1. The van der Waals surface area contributed by atoms with Crippen molar-refractivity contribution in [2.45, 2.75) is 6.92 Å². The molecular weight excluding hydrogens is 384 g/mol. The lowest BCUT2D eigenvalue weighted by atomic mass is 10.1. The van der Waals surface area contributed by atoms with E-state index in [1.165, 1.54) is 12.5 Å². The lowest BCUT2D eigenvalue weighted by Gasteiger charge is -2.06. The zero-order chi connectivity index (χ0) is 21.2. The van der Waals surface area contributed by atoms with Crippen LogP contribution in [0, 0.1) is 0 Å². The minimum absolute atomic E-state index is 0.231. The van der Waals surface area contributed by atoms with E-state index in [9.17, 15) is 9.59 Å². The molecule has 2 amide bonds. The fraction of sp³-hybridized carbons (Fsp3) is 0.0909. The van der Waals surface area contributed by atoms with Crippen LogP contribution in [0.3, 0.4) is 0 Å². The monoisotopic (exact) mass is 404 g/mol. The summed E-state index contributed by atoms with van der Waals surface area (Å²) in [5, 5.41) is 10.5. The molecule has 0 aliphatic carbocycles. The van der Waals surface area contributed by atoms with Crippen molar-refractivity contribution in [2.24, 2.45) is 10.3 Å². The molecule has 0 unspecified atom stereocenters. The molecule has 3 aromatic rings. The van der Waals surface area contributed by atoms with Crippen LogP contribution in [0.2, 0.25) is 0 Å². The van der Waals surface area contributed by atoms with Gasteiger partial charge < -0.3 is 14.6 Å². The van der Waals surface area contributed by atoms with Crippen molar-refractivity contribution >= 4 is 29.4 Å². The van der Waals surface area contributed by atoms with Crippen LogP contribution in [0.15, 0.2) is 87.7 Å². The first kappa shape index (κ1) is 20.5. The predicted octanol–water partition coefficient (Wildman–Crippen LogP) is 3.42. The van der Waals surface area contributed by atoms with Gasteiger partial charge in [-0.05, 0) is 42.3 Å². The van der Waals surface area contributed by atoms with Gasteiger partial charge in [-0.3, -0.25) is 9.59 Å². The van der Waals surface area contributed by atoms with Gasteiger partial charge in [-0.1, -0.05) is 47.6 Å². The highest BCUT2D eigenvalue weighted by atomic mass is 16.6. The number of amides is 2. The molecule has 8 heteroatoms. The molecule has 0 fully saturated rings. The van der Waals surface area contributed by atoms with Gasteiger partial charge in [0.05, 0.1) is 18.2 Å². The molecule has 152 valence electrons. The molecule has 0 saturated carbocycles. The molecule has 3 rings (SSSR count). The van der Waals surface area contributed by atoms with Crippen LogP contribution >= 0.6 is 0 Å². The number of nitrogens with one attached hydrogen (secondary N) is 2. The van der Waals surface area contributed by atoms with Crippen molar-refractivity contribution in [3.8, 4) is 0 Å². The predicted molar refractivity (Wildman–Crippen MR) is 113 cm³/mol. The highest BCUT2D eigenvalue weighted by Crippen LogP contribution is 2.12. The Balaban J connectivity index is 1.45. The molecule has 2 N–H and O–H groups in total. The average molecular weight is 404 g/mol. The number of oxime groups is 1. The lowest BCUT2D eigenvalue weighted by Crippen LogP contribution is -2.23. The molecule has 2 aromatic carbocycles. The van der Waals surface area contributed by atoms with Crippen molar-refractivity contribution in [1.29, 1.82) is 0 Å². The Bertz CT molecular complexity index is 1030. The third-order valence-electron chi connectivity index (χ3n) is 3.93. The smallest absolute Gasteiger partial charge is 0.291 e. The Kier molecular flexibility index (Phi) is 7.10. The summed E-state index contributed by atoms with van der Waals surface area (Å²) in [4.78, 5) is 28.7. The second kappa shape index (κ2) is 10.4. The zero-order valence-corrected chi connectivity index (χ0v) is 16.2. The Morgan fingerprint density at radius 1 is 1.03 bits per heavy atom. The summed E-state index contributed by atoms with van der Waals surface area (Å²) in [5.74, 6) is -0.530. The quantitative estimate of drug-likeness (QED) is 0.443. The maximum absolute atomic E-state index is 12.0. The summed E-state index contributed by atoms with van der Waals surface area (Å²) < 4.78 is 5.05. The molecule has 8 nitrogen and oxygen atoms in total. The van der Waals surface area contributed by atoms with Crippen LogP contribution in [0.4, 0.5) is 5.69 Å². The van der Waals surface area contributed by atoms with Gasteiger partial charge in [0.1, 0.15) is 0 Å². The zero-order valence-electron chi connectivity index (χ0n) is 16.2. The first-order chi connectivity index (χ1) is 14.6. The molecule has 0 saturated heterocycles. The summed E-state index contributed by atoms with van der Waals surface area (Å²) >= 11 is 0. The first-order valence-corrected chi connectivity index (χ1v) is 9.10. The van der Waals surface area contributed by atoms with Crippen molar-refractivity contribution in [3.63, 3.8) is 0 Å². The number of nitrogens with zero attached hydrogens (tertiary/aromatic N) is 2. The van der Waals surface area contributed by atoms with Crippen LogP contribution in [0.5, 0.6) is 0 Å². The van der Waals surface area contributed by atoms with E-state index in [0.29, 0.717) is 11.4 Å². The molecule has 0 bridgehead atoms. The minimum atomic E-state index is -0.429. The van der Waals surface area contributed by atoms with Crippen molar-refractivity contribution in [2.75, 3.05) is 11.9 Å². The molecule has 0 spiro atoms. The Labute approximate surface area is 173 Å². The number of hydrogen-bond donors (Lipinski definition) is 2. The summed E-state index contributed by atoms with van der Waals surface area (Å²) in [6.07, 6.45) is 2.96. The maximum atomic E-state index is 12.0. The number of rotatable bonds is 8. The molecule has 1 aromatic heterocycles. The van der Waals surface area contributed by atoms with E-state index in [1.807, 2.05) is 30.3 Å².